The molecule has 4 heterocycles. The first-order chi connectivity index (χ1) is 15.7. The van der Waals surface area contributed by atoms with E-state index in [1.54, 1.807) is 36.4 Å². The van der Waals surface area contributed by atoms with Crippen molar-refractivity contribution in [1.82, 2.24) is 19.7 Å². The van der Waals surface area contributed by atoms with Crippen molar-refractivity contribution in [2.24, 2.45) is 5.92 Å². The first kappa shape index (κ1) is 20.8. The van der Waals surface area contributed by atoms with Crippen molar-refractivity contribution in [2.75, 3.05) is 18.0 Å². The predicted octanol–water partition coefficient (Wildman–Crippen LogP) is 5.24. The molecule has 1 aliphatic rings. The maximum Gasteiger partial charge on any atom is 0.228 e. The third-order valence-corrected chi connectivity index (χ3v) is 6.63. The molecule has 5 rings (SSSR count). The van der Waals surface area contributed by atoms with Crippen molar-refractivity contribution >= 4 is 17.7 Å². The van der Waals surface area contributed by atoms with E-state index in [-0.39, 0.29) is 5.82 Å². The molecule has 0 saturated carbocycles. The van der Waals surface area contributed by atoms with Crippen LogP contribution in [-0.2, 0) is 12.3 Å². The van der Waals surface area contributed by atoms with E-state index >= 15 is 0 Å². The van der Waals surface area contributed by atoms with E-state index in [0.717, 1.165) is 54.4 Å². The highest BCUT2D eigenvalue weighted by Gasteiger charge is 2.23. The standard InChI is InChI=1S/C23H24FN5O2S/c1-16-7-9-28(10-8-16)22-26-27-23(29(22)13-20-6-3-11-30-20)32-15-19-14-31-21(25-19)17-4-2-5-18(24)12-17/h2-6,11-12,14,16H,7-10,13,15H2,1H3. The average Bonchev–Trinajstić information content (AvgIpc) is 3.55. The van der Waals surface area contributed by atoms with Crippen LogP contribution < -0.4 is 4.90 Å². The number of benzene rings is 1. The summed E-state index contributed by atoms with van der Waals surface area (Å²) < 4.78 is 26.8. The summed E-state index contributed by atoms with van der Waals surface area (Å²) in [6.07, 6.45) is 5.58. The molecule has 0 atom stereocenters. The zero-order valence-corrected chi connectivity index (χ0v) is 18.6. The van der Waals surface area contributed by atoms with E-state index in [2.05, 4.69) is 31.6 Å². The maximum atomic E-state index is 13.5. The number of anilines is 1. The van der Waals surface area contributed by atoms with E-state index in [4.69, 9.17) is 8.83 Å². The van der Waals surface area contributed by atoms with Crippen LogP contribution >= 0.6 is 11.8 Å². The number of piperidine rings is 1. The van der Waals surface area contributed by atoms with Gasteiger partial charge in [0.2, 0.25) is 11.8 Å². The minimum atomic E-state index is -0.317. The van der Waals surface area contributed by atoms with Gasteiger partial charge in [0.05, 0.1) is 18.5 Å². The summed E-state index contributed by atoms with van der Waals surface area (Å²) in [5.41, 5.74) is 1.37. The molecule has 0 spiro atoms. The molecule has 3 aromatic heterocycles. The average molecular weight is 454 g/mol. The fourth-order valence-corrected chi connectivity index (χ4v) is 4.60. The van der Waals surface area contributed by atoms with Gasteiger partial charge in [0, 0.05) is 24.4 Å². The highest BCUT2D eigenvalue weighted by molar-refractivity contribution is 7.98. The number of furan rings is 1. The Kier molecular flexibility index (Phi) is 5.98. The van der Waals surface area contributed by atoms with E-state index in [1.165, 1.54) is 12.1 Å². The van der Waals surface area contributed by atoms with Crippen LogP contribution in [0.2, 0.25) is 0 Å². The van der Waals surface area contributed by atoms with Crippen LogP contribution in [0.15, 0.2) is 62.9 Å². The number of thioether (sulfide) groups is 1. The van der Waals surface area contributed by atoms with Crippen molar-refractivity contribution in [2.45, 2.75) is 37.2 Å². The summed E-state index contributed by atoms with van der Waals surface area (Å²) in [4.78, 5) is 6.81. The third-order valence-electron chi connectivity index (χ3n) is 5.63. The molecule has 0 aliphatic carbocycles. The first-order valence-corrected chi connectivity index (χ1v) is 11.7. The van der Waals surface area contributed by atoms with Gasteiger partial charge >= 0.3 is 0 Å². The molecular formula is C23H24FN5O2S. The van der Waals surface area contributed by atoms with Crippen LogP contribution in [0, 0.1) is 11.7 Å². The third kappa shape index (κ3) is 4.57. The van der Waals surface area contributed by atoms with Crippen LogP contribution in [-0.4, -0.2) is 32.8 Å². The zero-order valence-electron chi connectivity index (χ0n) is 17.8. The van der Waals surface area contributed by atoms with Crippen molar-refractivity contribution < 1.29 is 13.2 Å². The Morgan fingerprint density at radius 3 is 2.78 bits per heavy atom. The summed E-state index contributed by atoms with van der Waals surface area (Å²) in [6.45, 7) is 4.81. The number of nitrogens with zero attached hydrogens (tertiary/aromatic N) is 5. The Balaban J connectivity index is 1.34. The number of halogens is 1. The highest BCUT2D eigenvalue weighted by atomic mass is 32.2. The molecule has 1 saturated heterocycles. The Morgan fingerprint density at radius 2 is 2.00 bits per heavy atom. The van der Waals surface area contributed by atoms with E-state index in [1.807, 2.05) is 12.1 Å². The molecule has 1 aliphatic heterocycles. The lowest BCUT2D eigenvalue weighted by Crippen LogP contribution is -2.35. The molecule has 4 aromatic rings. The van der Waals surface area contributed by atoms with Gasteiger partial charge in [-0.15, -0.1) is 10.2 Å². The molecule has 7 nitrogen and oxygen atoms in total. The van der Waals surface area contributed by atoms with Gasteiger partial charge < -0.3 is 13.7 Å². The quantitative estimate of drug-likeness (QED) is 0.354. The molecule has 166 valence electrons. The summed E-state index contributed by atoms with van der Waals surface area (Å²) in [5, 5.41) is 9.77. The lowest BCUT2D eigenvalue weighted by Gasteiger charge is -2.31. The molecule has 1 aromatic carbocycles. The molecule has 1 fully saturated rings. The monoisotopic (exact) mass is 453 g/mol. The minimum absolute atomic E-state index is 0.317. The van der Waals surface area contributed by atoms with Gasteiger partial charge in [-0.2, -0.15) is 0 Å². The van der Waals surface area contributed by atoms with E-state index in [0.29, 0.717) is 23.8 Å². The highest BCUT2D eigenvalue weighted by Crippen LogP contribution is 2.29. The van der Waals surface area contributed by atoms with Gasteiger partial charge in [-0.05, 0) is 49.1 Å². The van der Waals surface area contributed by atoms with Crippen LogP contribution in [0.25, 0.3) is 11.5 Å². The molecular weight excluding hydrogens is 429 g/mol. The fourth-order valence-electron chi connectivity index (χ4n) is 3.79. The van der Waals surface area contributed by atoms with Crippen LogP contribution in [0.4, 0.5) is 10.3 Å². The Bertz CT molecular complexity index is 1170. The summed E-state index contributed by atoms with van der Waals surface area (Å²) in [7, 11) is 0. The molecule has 9 heteroatoms. The van der Waals surface area contributed by atoms with Gasteiger partial charge in [-0.25, -0.2) is 9.37 Å². The van der Waals surface area contributed by atoms with Crippen molar-refractivity contribution in [1.29, 1.82) is 0 Å². The van der Waals surface area contributed by atoms with E-state index in [9.17, 15) is 4.39 Å². The van der Waals surface area contributed by atoms with E-state index < -0.39 is 0 Å². The SMILES string of the molecule is CC1CCN(c2nnc(SCc3coc(-c4cccc(F)c4)n3)n2Cc2ccco2)CC1. The Labute approximate surface area is 189 Å². The number of hydrogen-bond acceptors (Lipinski definition) is 7. The summed E-state index contributed by atoms with van der Waals surface area (Å²) in [6, 6.07) is 10.1. The second-order valence-electron chi connectivity index (χ2n) is 8.06. The van der Waals surface area contributed by atoms with Gasteiger partial charge in [0.1, 0.15) is 17.8 Å². The largest absolute Gasteiger partial charge is 0.467 e. The number of aromatic nitrogens is 4. The fraction of sp³-hybridized carbons (Fsp3) is 0.348. The van der Waals surface area contributed by atoms with Crippen LogP contribution in [0.5, 0.6) is 0 Å². The topological polar surface area (TPSA) is 73.1 Å². The molecule has 0 amide bonds. The van der Waals surface area contributed by atoms with Crippen molar-refractivity contribution in [3.63, 3.8) is 0 Å². The smallest absolute Gasteiger partial charge is 0.228 e. The molecule has 0 radical (unpaired) electrons. The molecule has 0 N–H and O–H groups in total. The number of rotatable bonds is 7. The van der Waals surface area contributed by atoms with Gasteiger partial charge in [-0.1, -0.05) is 24.8 Å². The van der Waals surface area contributed by atoms with Gasteiger partial charge in [0.15, 0.2) is 5.16 Å². The first-order valence-electron chi connectivity index (χ1n) is 10.7. The Hall–Kier alpha value is -3.07. The predicted molar refractivity (Wildman–Crippen MR) is 120 cm³/mol. The lowest BCUT2D eigenvalue weighted by atomic mass is 10.00. The Morgan fingerprint density at radius 1 is 1.12 bits per heavy atom. The number of oxazole rings is 1. The zero-order chi connectivity index (χ0) is 21.9. The normalized spacial score (nSPS) is 14.9. The maximum absolute atomic E-state index is 13.5. The molecule has 32 heavy (non-hydrogen) atoms. The lowest BCUT2D eigenvalue weighted by molar-refractivity contribution is 0.427. The van der Waals surface area contributed by atoms with Crippen LogP contribution in [0.3, 0.4) is 0 Å². The molecule has 0 bridgehead atoms. The van der Waals surface area contributed by atoms with Gasteiger partial charge in [-0.3, -0.25) is 4.57 Å². The summed E-state index contributed by atoms with van der Waals surface area (Å²) in [5.74, 6) is 3.11. The summed E-state index contributed by atoms with van der Waals surface area (Å²) >= 11 is 1.54. The van der Waals surface area contributed by atoms with Gasteiger partial charge in [0.25, 0.3) is 0 Å². The second kappa shape index (κ2) is 9.20. The molecule has 0 unspecified atom stereocenters. The van der Waals surface area contributed by atoms with Crippen molar-refractivity contribution in [3.8, 4) is 11.5 Å². The van der Waals surface area contributed by atoms with Crippen molar-refractivity contribution in [3.05, 3.63) is 66.2 Å². The van der Waals surface area contributed by atoms with Crippen LogP contribution in [0.1, 0.15) is 31.2 Å². The second-order valence-corrected chi connectivity index (χ2v) is 9.00. The minimum Gasteiger partial charge on any atom is -0.467 e. The number of hydrogen-bond donors (Lipinski definition) is 0.